The Morgan fingerprint density at radius 1 is 1.16 bits per heavy atom. The van der Waals surface area contributed by atoms with Gasteiger partial charge in [0, 0.05) is 25.6 Å². The van der Waals surface area contributed by atoms with Crippen molar-refractivity contribution >= 4 is 11.8 Å². The molecule has 0 saturated carbocycles. The molecule has 0 bridgehead atoms. The summed E-state index contributed by atoms with van der Waals surface area (Å²) >= 11 is 0. The van der Waals surface area contributed by atoms with Gasteiger partial charge in [0.1, 0.15) is 0 Å². The first kappa shape index (κ1) is 16.0. The first-order chi connectivity index (χ1) is 9.09. The fourth-order valence-electron chi connectivity index (χ4n) is 2.16. The summed E-state index contributed by atoms with van der Waals surface area (Å²) < 4.78 is 0. The van der Waals surface area contributed by atoms with Gasteiger partial charge >= 0.3 is 0 Å². The van der Waals surface area contributed by atoms with Crippen LogP contribution in [0, 0.1) is 0 Å². The van der Waals surface area contributed by atoms with E-state index in [2.05, 4.69) is 24.5 Å². The topological polar surface area (TPSA) is 61.4 Å². The first-order valence-electron chi connectivity index (χ1n) is 7.37. The molecule has 0 aliphatic carbocycles. The third-order valence-corrected chi connectivity index (χ3v) is 3.28. The van der Waals surface area contributed by atoms with Gasteiger partial charge in [0.25, 0.3) is 0 Å². The molecular formula is C14H27N3O2. The molecule has 5 nitrogen and oxygen atoms in total. The van der Waals surface area contributed by atoms with E-state index in [1.165, 1.54) is 6.42 Å². The molecule has 0 unspecified atom stereocenters. The normalized spacial score (nSPS) is 15.6. The minimum Gasteiger partial charge on any atom is -0.347 e. The second-order valence-electron chi connectivity index (χ2n) is 5.43. The van der Waals surface area contributed by atoms with Gasteiger partial charge in [0.05, 0.1) is 6.54 Å². The summed E-state index contributed by atoms with van der Waals surface area (Å²) in [6.45, 7) is 6.83. The molecule has 0 aromatic rings. The van der Waals surface area contributed by atoms with E-state index in [1.807, 2.05) is 4.90 Å². The summed E-state index contributed by atoms with van der Waals surface area (Å²) in [5, 5.41) is 5.97. The van der Waals surface area contributed by atoms with E-state index in [0.29, 0.717) is 12.5 Å². The molecule has 5 heteroatoms. The van der Waals surface area contributed by atoms with E-state index < -0.39 is 0 Å². The fourth-order valence-corrected chi connectivity index (χ4v) is 2.16. The third-order valence-electron chi connectivity index (χ3n) is 3.28. The second kappa shape index (κ2) is 8.91. The van der Waals surface area contributed by atoms with Crippen molar-refractivity contribution in [3.8, 4) is 0 Å². The average Bonchev–Trinajstić information content (AvgIpc) is 2.41. The first-order valence-corrected chi connectivity index (χ1v) is 7.37. The van der Waals surface area contributed by atoms with Crippen molar-refractivity contribution < 1.29 is 9.59 Å². The highest BCUT2D eigenvalue weighted by molar-refractivity contribution is 5.84. The third kappa shape index (κ3) is 7.15. The Hall–Kier alpha value is -1.10. The molecule has 0 aromatic heterocycles. The minimum absolute atomic E-state index is 0.0316. The van der Waals surface area contributed by atoms with Crippen LogP contribution in [-0.2, 0) is 9.59 Å². The highest BCUT2D eigenvalue weighted by Gasteiger charge is 2.16. The van der Waals surface area contributed by atoms with Crippen LogP contribution < -0.4 is 10.6 Å². The number of nitrogens with one attached hydrogen (secondary N) is 2. The molecule has 0 spiro atoms. The summed E-state index contributed by atoms with van der Waals surface area (Å²) in [5.74, 6) is 0.0178. The molecular weight excluding hydrogens is 242 g/mol. The van der Waals surface area contributed by atoms with Crippen LogP contribution in [0.2, 0.25) is 0 Å². The van der Waals surface area contributed by atoms with Gasteiger partial charge in [0.2, 0.25) is 11.8 Å². The molecule has 1 aliphatic heterocycles. The van der Waals surface area contributed by atoms with Crippen LogP contribution >= 0.6 is 0 Å². The fraction of sp³-hybridized carbons (Fsp3) is 0.857. The van der Waals surface area contributed by atoms with Crippen LogP contribution in [0.25, 0.3) is 0 Å². The van der Waals surface area contributed by atoms with Crippen LogP contribution in [0.15, 0.2) is 0 Å². The van der Waals surface area contributed by atoms with E-state index in [4.69, 9.17) is 0 Å². The molecule has 0 aromatic carbocycles. The van der Waals surface area contributed by atoms with Crippen LogP contribution in [0.5, 0.6) is 0 Å². The predicted octanol–water partition coefficient (Wildman–Crippen LogP) is 0.893. The summed E-state index contributed by atoms with van der Waals surface area (Å²) in [6, 6.07) is 0.448. The molecule has 1 saturated heterocycles. The SMILES string of the molecule is CC(C)NCCCC(=O)NCC(=O)N1CCCCC1. The van der Waals surface area contributed by atoms with Crippen molar-refractivity contribution in [1.29, 1.82) is 0 Å². The van der Waals surface area contributed by atoms with Gasteiger partial charge in [-0.05, 0) is 32.2 Å². The van der Waals surface area contributed by atoms with Gasteiger partial charge in [-0.1, -0.05) is 13.8 Å². The number of hydrogen-bond acceptors (Lipinski definition) is 3. The van der Waals surface area contributed by atoms with Gasteiger partial charge in [-0.15, -0.1) is 0 Å². The van der Waals surface area contributed by atoms with Gasteiger partial charge in [0.15, 0.2) is 0 Å². The lowest BCUT2D eigenvalue weighted by molar-refractivity contribution is -0.133. The zero-order valence-corrected chi connectivity index (χ0v) is 12.2. The number of carbonyl (C=O) groups excluding carboxylic acids is 2. The van der Waals surface area contributed by atoms with Crippen molar-refractivity contribution in [2.45, 2.75) is 52.0 Å². The van der Waals surface area contributed by atoms with Crippen LogP contribution in [-0.4, -0.2) is 48.9 Å². The van der Waals surface area contributed by atoms with E-state index >= 15 is 0 Å². The van der Waals surface area contributed by atoms with Crippen molar-refractivity contribution in [2.24, 2.45) is 0 Å². The van der Waals surface area contributed by atoms with E-state index in [1.54, 1.807) is 0 Å². The van der Waals surface area contributed by atoms with E-state index in [-0.39, 0.29) is 18.4 Å². The Kier molecular flexibility index (Phi) is 7.48. The maximum atomic E-state index is 11.8. The van der Waals surface area contributed by atoms with E-state index in [0.717, 1.165) is 38.9 Å². The molecule has 1 rings (SSSR count). The minimum atomic E-state index is -0.0316. The molecule has 0 radical (unpaired) electrons. The molecule has 2 amide bonds. The van der Waals surface area contributed by atoms with E-state index in [9.17, 15) is 9.59 Å². The lowest BCUT2D eigenvalue weighted by Crippen LogP contribution is -2.42. The molecule has 0 atom stereocenters. The van der Waals surface area contributed by atoms with Crippen LogP contribution in [0.1, 0.15) is 46.0 Å². The van der Waals surface area contributed by atoms with Crippen molar-refractivity contribution in [3.05, 3.63) is 0 Å². The largest absolute Gasteiger partial charge is 0.347 e. The summed E-state index contributed by atoms with van der Waals surface area (Å²) in [7, 11) is 0. The molecule has 19 heavy (non-hydrogen) atoms. The Balaban J connectivity index is 2.07. The molecule has 110 valence electrons. The van der Waals surface area contributed by atoms with Crippen LogP contribution in [0.3, 0.4) is 0 Å². The van der Waals surface area contributed by atoms with Gasteiger partial charge in [-0.3, -0.25) is 9.59 Å². The number of hydrogen-bond donors (Lipinski definition) is 2. The van der Waals surface area contributed by atoms with Crippen molar-refractivity contribution in [3.63, 3.8) is 0 Å². The average molecular weight is 269 g/mol. The molecule has 1 aliphatic rings. The lowest BCUT2D eigenvalue weighted by Gasteiger charge is -2.26. The quantitative estimate of drug-likeness (QED) is 0.675. The number of rotatable bonds is 7. The maximum absolute atomic E-state index is 11.8. The number of nitrogens with zero attached hydrogens (tertiary/aromatic N) is 1. The van der Waals surface area contributed by atoms with Gasteiger partial charge < -0.3 is 15.5 Å². The van der Waals surface area contributed by atoms with Gasteiger partial charge in [-0.25, -0.2) is 0 Å². The summed E-state index contributed by atoms with van der Waals surface area (Å²) in [4.78, 5) is 25.2. The highest BCUT2D eigenvalue weighted by Crippen LogP contribution is 2.08. The Bertz CT molecular complexity index is 286. The molecule has 1 heterocycles. The Morgan fingerprint density at radius 2 is 1.84 bits per heavy atom. The number of piperidine rings is 1. The monoisotopic (exact) mass is 269 g/mol. The second-order valence-corrected chi connectivity index (χ2v) is 5.43. The smallest absolute Gasteiger partial charge is 0.241 e. The zero-order chi connectivity index (χ0) is 14.1. The summed E-state index contributed by atoms with van der Waals surface area (Å²) in [5.41, 5.74) is 0. The number of likely N-dealkylation sites (tertiary alicyclic amines) is 1. The summed E-state index contributed by atoms with van der Waals surface area (Å²) in [6.07, 6.45) is 4.66. The van der Waals surface area contributed by atoms with Crippen molar-refractivity contribution in [1.82, 2.24) is 15.5 Å². The zero-order valence-electron chi connectivity index (χ0n) is 12.2. The predicted molar refractivity (Wildman–Crippen MR) is 75.8 cm³/mol. The number of carbonyl (C=O) groups is 2. The lowest BCUT2D eigenvalue weighted by atomic mass is 10.1. The van der Waals surface area contributed by atoms with Crippen LogP contribution in [0.4, 0.5) is 0 Å². The maximum Gasteiger partial charge on any atom is 0.241 e. The van der Waals surface area contributed by atoms with Crippen molar-refractivity contribution in [2.75, 3.05) is 26.2 Å². The molecule has 2 N–H and O–H groups in total. The number of amides is 2. The standard InChI is InChI=1S/C14H27N3O2/c1-12(2)15-8-6-7-13(18)16-11-14(19)17-9-4-3-5-10-17/h12,15H,3-11H2,1-2H3,(H,16,18). The van der Waals surface area contributed by atoms with Gasteiger partial charge in [-0.2, -0.15) is 0 Å². The Morgan fingerprint density at radius 3 is 2.47 bits per heavy atom. The highest BCUT2D eigenvalue weighted by atomic mass is 16.2. The molecule has 1 fully saturated rings. The Labute approximate surface area is 116 Å².